The highest BCUT2D eigenvalue weighted by Gasteiger charge is 2.05. The summed E-state index contributed by atoms with van der Waals surface area (Å²) >= 11 is 0. The van der Waals surface area contributed by atoms with Gasteiger partial charge in [-0.3, -0.25) is 4.79 Å². The number of nitrogens with zero attached hydrogens (tertiary/aromatic N) is 1. The number of aliphatic hydroxyl groups excluding tert-OH is 1. The molecule has 0 aliphatic heterocycles. The predicted octanol–water partition coefficient (Wildman–Crippen LogP) is 4.10. The Balaban J connectivity index is 0.000000405. The fourth-order valence-electron chi connectivity index (χ4n) is 2.03. The Kier molecular flexibility index (Phi) is 10.3. The molecule has 1 N–H and O–H groups in total. The van der Waals surface area contributed by atoms with Gasteiger partial charge in [0.25, 0.3) is 0 Å². The maximum atomic E-state index is 10.9. The average molecular weight is 321 g/mol. The van der Waals surface area contributed by atoms with E-state index in [4.69, 9.17) is 16.8 Å². The van der Waals surface area contributed by atoms with Crippen LogP contribution < -0.4 is 0 Å². The van der Waals surface area contributed by atoms with E-state index in [9.17, 15) is 4.79 Å². The van der Waals surface area contributed by atoms with E-state index >= 15 is 0 Å². The molecule has 0 spiro atoms. The summed E-state index contributed by atoms with van der Waals surface area (Å²) in [5.74, 6) is 2.76. The molecule has 2 aromatic carbocycles. The molecule has 0 aromatic heterocycles. The quantitative estimate of drug-likeness (QED) is 0.669. The first-order chi connectivity index (χ1) is 11.5. The summed E-state index contributed by atoms with van der Waals surface area (Å²) in [4.78, 5) is 10.9. The van der Waals surface area contributed by atoms with E-state index < -0.39 is 0 Å². The van der Waals surface area contributed by atoms with Gasteiger partial charge in [-0.05, 0) is 38.0 Å². The highest BCUT2D eigenvalue weighted by molar-refractivity contribution is 5.95. The SMILES string of the molecule is C#CC(C)c1ccccc1C#N.CC(=O)c1ccccc1C.CO. The minimum atomic E-state index is 0.0147. The van der Waals surface area contributed by atoms with E-state index in [0.717, 1.165) is 23.8 Å². The first-order valence-corrected chi connectivity index (χ1v) is 7.47. The van der Waals surface area contributed by atoms with Gasteiger partial charge in [-0.15, -0.1) is 6.42 Å². The summed E-state index contributed by atoms with van der Waals surface area (Å²) in [6.07, 6.45) is 5.27. The van der Waals surface area contributed by atoms with Crippen LogP contribution in [0.1, 0.15) is 46.8 Å². The lowest BCUT2D eigenvalue weighted by Crippen LogP contribution is -1.93. The molecule has 0 heterocycles. The maximum Gasteiger partial charge on any atom is 0.160 e. The van der Waals surface area contributed by atoms with Crippen molar-refractivity contribution in [3.63, 3.8) is 0 Å². The third kappa shape index (κ3) is 6.48. The number of ketones is 1. The van der Waals surface area contributed by atoms with Crippen LogP contribution in [0.15, 0.2) is 48.5 Å². The molecule has 124 valence electrons. The molecule has 0 amide bonds. The van der Waals surface area contributed by atoms with E-state index in [1.807, 2.05) is 56.3 Å². The molecular weight excluding hydrogens is 298 g/mol. The number of carbonyl (C=O) groups is 1. The number of carbonyl (C=O) groups excluding carboxylic acids is 1. The lowest BCUT2D eigenvalue weighted by molar-refractivity contribution is 0.101. The van der Waals surface area contributed by atoms with Crippen LogP contribution in [0.4, 0.5) is 0 Å². The molecule has 0 saturated carbocycles. The van der Waals surface area contributed by atoms with E-state index in [2.05, 4.69) is 12.0 Å². The average Bonchev–Trinajstić information content (AvgIpc) is 2.63. The smallest absolute Gasteiger partial charge is 0.160 e. The van der Waals surface area contributed by atoms with Gasteiger partial charge in [0.05, 0.1) is 11.6 Å². The second kappa shape index (κ2) is 11.7. The first kappa shape index (κ1) is 21.1. The third-order valence-corrected chi connectivity index (χ3v) is 3.32. The van der Waals surface area contributed by atoms with Gasteiger partial charge in [-0.1, -0.05) is 48.4 Å². The summed E-state index contributed by atoms with van der Waals surface area (Å²) in [7, 11) is 1.00. The second-order valence-corrected chi connectivity index (χ2v) is 4.96. The van der Waals surface area contributed by atoms with Gasteiger partial charge in [-0.25, -0.2) is 0 Å². The molecule has 0 aliphatic carbocycles. The van der Waals surface area contributed by atoms with Gasteiger partial charge >= 0.3 is 0 Å². The molecule has 0 radical (unpaired) electrons. The summed E-state index contributed by atoms with van der Waals surface area (Å²) < 4.78 is 0. The van der Waals surface area contributed by atoms with Crippen LogP contribution in [0.25, 0.3) is 0 Å². The molecule has 0 fully saturated rings. The lowest BCUT2D eigenvalue weighted by atomic mass is 9.97. The Morgan fingerprint density at radius 1 is 1.12 bits per heavy atom. The molecule has 2 aromatic rings. The molecule has 2 rings (SSSR count). The zero-order valence-corrected chi connectivity index (χ0v) is 14.6. The highest BCUT2D eigenvalue weighted by Crippen LogP contribution is 2.17. The van der Waals surface area contributed by atoms with Crippen LogP contribution in [0.5, 0.6) is 0 Å². The van der Waals surface area contributed by atoms with Gasteiger partial charge < -0.3 is 5.11 Å². The fourth-order valence-corrected chi connectivity index (χ4v) is 2.03. The van der Waals surface area contributed by atoms with E-state index in [-0.39, 0.29) is 11.7 Å². The summed E-state index contributed by atoms with van der Waals surface area (Å²) in [6.45, 7) is 5.44. The topological polar surface area (TPSA) is 61.1 Å². The van der Waals surface area contributed by atoms with Crippen LogP contribution >= 0.6 is 0 Å². The largest absolute Gasteiger partial charge is 0.400 e. The van der Waals surface area contributed by atoms with Crippen molar-refractivity contribution < 1.29 is 9.90 Å². The Bertz CT molecular complexity index is 736. The van der Waals surface area contributed by atoms with Crippen molar-refractivity contribution >= 4 is 5.78 Å². The monoisotopic (exact) mass is 321 g/mol. The van der Waals surface area contributed by atoms with Crippen molar-refractivity contribution in [3.8, 4) is 18.4 Å². The molecule has 3 nitrogen and oxygen atoms in total. The highest BCUT2D eigenvalue weighted by atomic mass is 16.2. The lowest BCUT2D eigenvalue weighted by Gasteiger charge is -2.05. The predicted molar refractivity (Wildman–Crippen MR) is 97.7 cm³/mol. The Morgan fingerprint density at radius 3 is 2.12 bits per heavy atom. The molecule has 3 heteroatoms. The normalized spacial score (nSPS) is 9.79. The number of terminal acetylenes is 1. The summed E-state index contributed by atoms with van der Waals surface area (Å²) in [5, 5.41) is 15.7. The Labute approximate surface area is 144 Å². The first-order valence-electron chi connectivity index (χ1n) is 7.47. The van der Waals surface area contributed by atoms with Crippen LogP contribution in [0, 0.1) is 30.6 Å². The van der Waals surface area contributed by atoms with E-state index in [0.29, 0.717) is 5.56 Å². The molecular formula is C21H23NO2. The number of rotatable bonds is 2. The van der Waals surface area contributed by atoms with Crippen LogP contribution in [-0.2, 0) is 0 Å². The molecule has 1 unspecified atom stereocenters. The van der Waals surface area contributed by atoms with Gasteiger partial charge in [0.15, 0.2) is 5.78 Å². The number of benzene rings is 2. The van der Waals surface area contributed by atoms with Crippen LogP contribution in [0.2, 0.25) is 0 Å². The van der Waals surface area contributed by atoms with Gasteiger partial charge in [-0.2, -0.15) is 5.26 Å². The van der Waals surface area contributed by atoms with Crippen molar-refractivity contribution in [2.45, 2.75) is 26.7 Å². The van der Waals surface area contributed by atoms with Crippen molar-refractivity contribution in [1.82, 2.24) is 0 Å². The Morgan fingerprint density at radius 2 is 1.67 bits per heavy atom. The standard InChI is InChI=1S/C11H9N.C9H10O.CH4O/c1-3-9(2)11-7-5-4-6-10(11)8-12;1-7-5-3-4-6-9(7)8(2)10;1-2/h1,4-7,9H,2H3;3-6H,1-2H3;2H,1H3. The number of nitriles is 1. The maximum absolute atomic E-state index is 10.9. The molecule has 1 atom stereocenters. The zero-order valence-electron chi connectivity index (χ0n) is 14.6. The molecule has 0 aliphatic rings. The van der Waals surface area contributed by atoms with E-state index in [1.165, 1.54) is 0 Å². The van der Waals surface area contributed by atoms with Crippen LogP contribution in [0.3, 0.4) is 0 Å². The van der Waals surface area contributed by atoms with Crippen LogP contribution in [-0.4, -0.2) is 18.0 Å². The fraction of sp³-hybridized carbons (Fsp3) is 0.238. The van der Waals surface area contributed by atoms with Gasteiger partial charge in [0.2, 0.25) is 0 Å². The minimum absolute atomic E-state index is 0.0147. The van der Waals surface area contributed by atoms with Crippen molar-refractivity contribution in [3.05, 3.63) is 70.8 Å². The number of aliphatic hydroxyl groups is 1. The van der Waals surface area contributed by atoms with Crippen molar-refractivity contribution in [1.29, 1.82) is 5.26 Å². The number of aryl methyl sites for hydroxylation is 1. The summed E-state index contributed by atoms with van der Waals surface area (Å²) in [5.41, 5.74) is 3.47. The number of hydrogen-bond donors (Lipinski definition) is 1. The Hall–Kier alpha value is -2.88. The number of hydrogen-bond acceptors (Lipinski definition) is 3. The second-order valence-electron chi connectivity index (χ2n) is 4.96. The van der Waals surface area contributed by atoms with Crippen molar-refractivity contribution in [2.75, 3.05) is 7.11 Å². The molecule has 0 bridgehead atoms. The molecule has 24 heavy (non-hydrogen) atoms. The molecule has 0 saturated heterocycles. The van der Waals surface area contributed by atoms with Gasteiger partial charge in [0.1, 0.15) is 0 Å². The summed E-state index contributed by atoms with van der Waals surface area (Å²) in [6, 6.07) is 17.1. The zero-order chi connectivity index (χ0) is 18.5. The third-order valence-electron chi connectivity index (χ3n) is 3.32. The van der Waals surface area contributed by atoms with E-state index in [1.54, 1.807) is 13.0 Å². The minimum Gasteiger partial charge on any atom is -0.400 e. The number of Topliss-reactive ketones (excluding diaryl/α,β-unsaturated/α-hetero) is 1. The van der Waals surface area contributed by atoms with Crippen molar-refractivity contribution in [2.24, 2.45) is 0 Å². The van der Waals surface area contributed by atoms with Gasteiger partial charge in [0, 0.05) is 18.6 Å².